The van der Waals surface area contributed by atoms with Crippen LogP contribution >= 0.6 is 34.4 Å². The van der Waals surface area contributed by atoms with Crippen LogP contribution in [0.5, 0.6) is 0 Å². The first-order chi connectivity index (χ1) is 14.6. The molecule has 2 amide bonds. The second-order valence-corrected chi connectivity index (χ2v) is 8.97. The number of thioether (sulfide) groups is 1. The van der Waals surface area contributed by atoms with E-state index in [0.29, 0.717) is 27.4 Å². The maximum absolute atomic E-state index is 12.6. The van der Waals surface area contributed by atoms with E-state index >= 15 is 0 Å². The molecule has 0 aliphatic carbocycles. The van der Waals surface area contributed by atoms with E-state index < -0.39 is 0 Å². The minimum atomic E-state index is -0.385. The van der Waals surface area contributed by atoms with E-state index in [2.05, 4.69) is 20.8 Å². The third-order valence-corrected chi connectivity index (χ3v) is 6.82. The van der Waals surface area contributed by atoms with E-state index in [4.69, 9.17) is 0 Å². The summed E-state index contributed by atoms with van der Waals surface area (Å²) >= 11 is 4.30. The van der Waals surface area contributed by atoms with Crippen LogP contribution in [0.1, 0.15) is 16.2 Å². The van der Waals surface area contributed by atoms with Crippen molar-refractivity contribution in [3.63, 3.8) is 0 Å². The molecule has 4 rings (SSSR count). The molecule has 0 spiro atoms. The second-order valence-electron chi connectivity index (χ2n) is 6.18. The molecule has 7 nitrogen and oxygen atoms in total. The maximum atomic E-state index is 12.6. The van der Waals surface area contributed by atoms with E-state index in [1.54, 1.807) is 41.7 Å². The third kappa shape index (κ3) is 4.61. The summed E-state index contributed by atoms with van der Waals surface area (Å²) in [4.78, 5) is 45.5. The topological polar surface area (TPSA) is 104 Å². The Kier molecular flexibility index (Phi) is 6.26. The zero-order valence-corrected chi connectivity index (χ0v) is 18.0. The fraction of sp³-hybridized carbons (Fsp3) is 0.100. The Labute approximate surface area is 183 Å². The van der Waals surface area contributed by atoms with Gasteiger partial charge in [-0.1, -0.05) is 24.3 Å². The maximum Gasteiger partial charge on any atom is 0.269 e. The number of aromatic nitrogens is 2. The van der Waals surface area contributed by atoms with Crippen molar-refractivity contribution in [1.29, 1.82) is 0 Å². The number of thiophene rings is 2. The van der Waals surface area contributed by atoms with Gasteiger partial charge in [0.15, 0.2) is 0 Å². The number of benzene rings is 1. The molecule has 0 bridgehead atoms. The van der Waals surface area contributed by atoms with Gasteiger partial charge in [0, 0.05) is 21.4 Å². The number of aromatic amines is 1. The van der Waals surface area contributed by atoms with E-state index in [0.717, 1.165) is 10.4 Å². The van der Waals surface area contributed by atoms with Crippen molar-refractivity contribution in [2.45, 2.75) is 5.75 Å². The molecular formula is C20H16N4O3S3. The van der Waals surface area contributed by atoms with Gasteiger partial charge in [-0.15, -0.1) is 34.4 Å². The van der Waals surface area contributed by atoms with Gasteiger partial charge in [0.25, 0.3) is 11.5 Å². The quantitative estimate of drug-likeness (QED) is 0.386. The van der Waals surface area contributed by atoms with E-state index in [9.17, 15) is 14.4 Å². The number of nitrogens with one attached hydrogen (secondary N) is 3. The predicted molar refractivity (Wildman–Crippen MR) is 122 cm³/mol. The number of hydrogen-bond donors (Lipinski definition) is 3. The highest BCUT2D eigenvalue weighted by molar-refractivity contribution is 7.99. The fourth-order valence-corrected chi connectivity index (χ4v) is 5.21. The molecule has 0 atom stereocenters. The summed E-state index contributed by atoms with van der Waals surface area (Å²) in [5.41, 5.74) is 5.92. The van der Waals surface area contributed by atoms with Gasteiger partial charge in [-0.3, -0.25) is 25.2 Å². The molecule has 0 aliphatic rings. The monoisotopic (exact) mass is 456 g/mol. The molecule has 0 aliphatic heterocycles. The zero-order valence-electron chi connectivity index (χ0n) is 15.5. The highest BCUT2D eigenvalue weighted by Crippen LogP contribution is 2.33. The molecular weight excluding hydrogens is 440 g/mol. The van der Waals surface area contributed by atoms with E-state index in [1.807, 2.05) is 22.9 Å². The Hall–Kier alpha value is -2.95. The van der Waals surface area contributed by atoms with Crippen LogP contribution in [0, 0.1) is 0 Å². The minimum Gasteiger partial charge on any atom is -0.309 e. The fourth-order valence-electron chi connectivity index (χ4n) is 2.74. The lowest BCUT2D eigenvalue weighted by atomic mass is 10.2. The van der Waals surface area contributed by atoms with Crippen LogP contribution in [0.4, 0.5) is 0 Å². The summed E-state index contributed by atoms with van der Waals surface area (Å²) in [6.45, 7) is 0. The lowest BCUT2D eigenvalue weighted by Crippen LogP contribution is -2.42. The molecule has 0 saturated carbocycles. The van der Waals surface area contributed by atoms with Crippen LogP contribution in [0.2, 0.25) is 0 Å². The molecule has 3 aromatic heterocycles. The first-order valence-electron chi connectivity index (χ1n) is 8.88. The van der Waals surface area contributed by atoms with Gasteiger partial charge in [-0.05, 0) is 23.6 Å². The number of fused-ring (bicyclic) bond motifs is 1. The van der Waals surface area contributed by atoms with Crippen LogP contribution in [0.25, 0.3) is 20.7 Å². The molecule has 1 aromatic carbocycles. The van der Waals surface area contributed by atoms with E-state index in [-0.39, 0.29) is 23.1 Å². The second kappa shape index (κ2) is 9.24. The zero-order chi connectivity index (χ0) is 20.9. The Morgan fingerprint density at radius 2 is 1.90 bits per heavy atom. The van der Waals surface area contributed by atoms with Gasteiger partial charge in [0.1, 0.15) is 10.7 Å². The first-order valence-corrected chi connectivity index (χ1v) is 11.8. The Morgan fingerprint density at radius 1 is 1.07 bits per heavy atom. The van der Waals surface area contributed by atoms with Gasteiger partial charge in [0.05, 0.1) is 16.9 Å². The van der Waals surface area contributed by atoms with E-state index in [1.165, 1.54) is 23.1 Å². The molecule has 0 fully saturated rings. The molecule has 0 saturated heterocycles. The molecule has 10 heteroatoms. The smallest absolute Gasteiger partial charge is 0.269 e. The lowest BCUT2D eigenvalue weighted by Gasteiger charge is -2.07. The summed E-state index contributed by atoms with van der Waals surface area (Å²) in [6, 6.07) is 12.5. The van der Waals surface area contributed by atoms with Crippen molar-refractivity contribution in [2.24, 2.45) is 0 Å². The van der Waals surface area contributed by atoms with Crippen LogP contribution in [-0.4, -0.2) is 27.5 Å². The number of amides is 2. The molecule has 3 N–H and O–H groups in total. The normalized spacial score (nSPS) is 10.8. The molecule has 152 valence electrons. The average Bonchev–Trinajstić information content (AvgIpc) is 3.42. The average molecular weight is 457 g/mol. The van der Waals surface area contributed by atoms with Crippen molar-refractivity contribution in [3.05, 3.63) is 75.0 Å². The van der Waals surface area contributed by atoms with Crippen molar-refractivity contribution in [1.82, 2.24) is 20.8 Å². The lowest BCUT2D eigenvalue weighted by molar-refractivity contribution is -0.119. The van der Waals surface area contributed by atoms with Crippen LogP contribution in [0.3, 0.4) is 0 Å². The van der Waals surface area contributed by atoms with Crippen LogP contribution in [-0.2, 0) is 10.5 Å². The van der Waals surface area contributed by atoms with Crippen molar-refractivity contribution in [3.8, 4) is 10.4 Å². The van der Waals surface area contributed by atoms with Crippen molar-refractivity contribution in [2.75, 3.05) is 5.75 Å². The number of rotatable bonds is 6. The Balaban J connectivity index is 1.32. The Morgan fingerprint density at radius 3 is 2.67 bits per heavy atom. The van der Waals surface area contributed by atoms with Gasteiger partial charge in [-0.25, -0.2) is 4.98 Å². The number of H-pyrrole nitrogens is 1. The molecule has 4 aromatic rings. The number of nitrogens with zero attached hydrogens (tertiary/aromatic N) is 1. The Bertz CT molecular complexity index is 1230. The SMILES string of the molecule is O=C(CSCc1nc2scc(-c3cccs3)c2c(=O)[nH]1)NNC(=O)c1ccccc1. The summed E-state index contributed by atoms with van der Waals surface area (Å²) in [5, 5.41) is 4.51. The van der Waals surface area contributed by atoms with Crippen LogP contribution in [0.15, 0.2) is 58.0 Å². The summed E-state index contributed by atoms with van der Waals surface area (Å²) in [5.74, 6) is 0.269. The third-order valence-electron chi connectivity index (χ3n) is 4.10. The number of hydrogen-bond acceptors (Lipinski definition) is 7. The van der Waals surface area contributed by atoms with Gasteiger partial charge < -0.3 is 4.98 Å². The highest BCUT2D eigenvalue weighted by atomic mass is 32.2. The number of carbonyl (C=O) groups is 2. The van der Waals surface area contributed by atoms with Gasteiger partial charge >= 0.3 is 0 Å². The van der Waals surface area contributed by atoms with Crippen LogP contribution < -0.4 is 16.4 Å². The molecule has 30 heavy (non-hydrogen) atoms. The van der Waals surface area contributed by atoms with Gasteiger partial charge in [-0.2, -0.15) is 0 Å². The number of carbonyl (C=O) groups excluding carboxylic acids is 2. The van der Waals surface area contributed by atoms with Crippen molar-refractivity contribution < 1.29 is 9.59 Å². The summed E-state index contributed by atoms with van der Waals surface area (Å²) in [7, 11) is 0. The number of hydrazine groups is 1. The van der Waals surface area contributed by atoms with Gasteiger partial charge in [0.2, 0.25) is 5.91 Å². The van der Waals surface area contributed by atoms with Crippen molar-refractivity contribution >= 4 is 56.5 Å². The largest absolute Gasteiger partial charge is 0.309 e. The first kappa shape index (κ1) is 20.3. The summed E-state index contributed by atoms with van der Waals surface area (Å²) < 4.78 is 0. The molecule has 3 heterocycles. The summed E-state index contributed by atoms with van der Waals surface area (Å²) in [6.07, 6.45) is 0. The predicted octanol–water partition coefficient (Wildman–Crippen LogP) is 3.41. The minimum absolute atomic E-state index is 0.113. The highest BCUT2D eigenvalue weighted by Gasteiger charge is 2.14. The molecule has 0 radical (unpaired) electrons. The molecule has 0 unspecified atom stereocenters. The standard InChI is InChI=1S/C20H16N4O3S3/c25-16(23-24-18(26)12-5-2-1-3-6-12)11-28-10-15-21-19(27)17-13(9-30-20(17)22-15)14-7-4-8-29-14/h1-9H,10-11H2,(H,23,25)(H,24,26)(H,21,22,27).